The molecule has 1 aliphatic heterocycles. The first kappa shape index (κ1) is 15.5. The highest BCUT2D eigenvalue weighted by Crippen LogP contribution is 2.23. The highest BCUT2D eigenvalue weighted by molar-refractivity contribution is 5.71. The van der Waals surface area contributed by atoms with Crippen molar-refractivity contribution in [2.24, 2.45) is 11.8 Å². The van der Waals surface area contributed by atoms with Crippen LogP contribution in [0.4, 0.5) is 0 Å². The first-order valence-electron chi connectivity index (χ1n) is 8.69. The van der Waals surface area contributed by atoms with E-state index < -0.39 is 0 Å². The Kier molecular flexibility index (Phi) is 4.77. The summed E-state index contributed by atoms with van der Waals surface area (Å²) in [6.07, 6.45) is 5.56. The molecule has 0 aromatic carbocycles. The van der Waals surface area contributed by atoms with E-state index in [2.05, 4.69) is 41.3 Å². The van der Waals surface area contributed by atoms with Crippen molar-refractivity contribution in [3.05, 3.63) is 24.2 Å². The van der Waals surface area contributed by atoms with E-state index in [1.165, 1.54) is 31.8 Å². The topological polar surface area (TPSA) is 34.0 Å². The summed E-state index contributed by atoms with van der Waals surface area (Å²) in [5, 5.41) is 0. The predicted molar refractivity (Wildman–Crippen MR) is 90.9 cm³/mol. The van der Waals surface area contributed by atoms with E-state index >= 15 is 0 Å². The Labute approximate surface area is 133 Å². The van der Waals surface area contributed by atoms with Crippen molar-refractivity contribution in [1.82, 2.24) is 19.4 Å². The van der Waals surface area contributed by atoms with Gasteiger partial charge >= 0.3 is 0 Å². The van der Waals surface area contributed by atoms with Crippen LogP contribution in [0, 0.1) is 11.8 Å². The molecule has 0 radical (unpaired) electrons. The lowest BCUT2D eigenvalue weighted by atomic mass is 9.97. The van der Waals surface area contributed by atoms with Gasteiger partial charge in [0.15, 0.2) is 5.65 Å². The molecule has 2 aromatic rings. The lowest BCUT2D eigenvalue weighted by molar-refractivity contribution is 0.170. The second kappa shape index (κ2) is 6.78. The third-order valence-corrected chi connectivity index (χ3v) is 4.66. The van der Waals surface area contributed by atoms with Crippen LogP contribution in [0.25, 0.3) is 11.2 Å². The second-order valence-corrected chi connectivity index (χ2v) is 6.98. The summed E-state index contributed by atoms with van der Waals surface area (Å²) in [5.41, 5.74) is 2.10. The van der Waals surface area contributed by atoms with E-state index in [9.17, 15) is 0 Å². The molecule has 4 heteroatoms. The number of aromatic nitrogens is 3. The van der Waals surface area contributed by atoms with E-state index in [1.54, 1.807) is 0 Å². The van der Waals surface area contributed by atoms with Gasteiger partial charge in [0.25, 0.3) is 0 Å². The lowest BCUT2D eigenvalue weighted by Crippen LogP contribution is -2.37. The van der Waals surface area contributed by atoms with Gasteiger partial charge in [-0.15, -0.1) is 0 Å². The molecule has 22 heavy (non-hydrogen) atoms. The number of pyridine rings is 1. The fourth-order valence-corrected chi connectivity index (χ4v) is 3.56. The highest BCUT2D eigenvalue weighted by atomic mass is 15.2. The van der Waals surface area contributed by atoms with Crippen molar-refractivity contribution in [2.75, 3.05) is 19.6 Å². The molecule has 1 fully saturated rings. The second-order valence-electron chi connectivity index (χ2n) is 6.98. The van der Waals surface area contributed by atoms with Gasteiger partial charge in [0.2, 0.25) is 0 Å². The average molecular weight is 300 g/mol. The maximum Gasteiger partial charge on any atom is 0.159 e. The van der Waals surface area contributed by atoms with Crippen molar-refractivity contribution >= 4 is 11.2 Å². The summed E-state index contributed by atoms with van der Waals surface area (Å²) in [6, 6.07) is 4.07. The zero-order chi connectivity index (χ0) is 15.5. The quantitative estimate of drug-likeness (QED) is 0.849. The summed E-state index contributed by atoms with van der Waals surface area (Å²) < 4.78 is 2.39. The number of nitrogens with zero attached hydrogens (tertiary/aromatic N) is 4. The van der Waals surface area contributed by atoms with Crippen LogP contribution in [0.2, 0.25) is 0 Å². The molecule has 0 bridgehead atoms. The lowest BCUT2D eigenvalue weighted by Gasteiger charge is -2.32. The number of likely N-dealkylation sites (tertiary alicyclic amines) is 1. The maximum atomic E-state index is 4.84. The molecule has 1 atom stereocenters. The molecule has 120 valence electrons. The van der Waals surface area contributed by atoms with E-state index in [0.29, 0.717) is 5.92 Å². The number of hydrogen-bond acceptors (Lipinski definition) is 3. The molecule has 0 N–H and O–H groups in total. The normalized spacial score (nSPS) is 20.1. The Balaban J connectivity index is 1.87. The fraction of sp³-hybridized carbons (Fsp3) is 0.667. The van der Waals surface area contributed by atoms with Crippen LogP contribution in [-0.2, 0) is 13.0 Å². The zero-order valence-corrected chi connectivity index (χ0v) is 14.1. The number of imidazole rings is 1. The molecule has 0 saturated carbocycles. The molecule has 2 aromatic heterocycles. The summed E-state index contributed by atoms with van der Waals surface area (Å²) >= 11 is 0. The minimum atomic E-state index is 0.619. The molecular weight excluding hydrogens is 272 g/mol. The Hall–Kier alpha value is -1.42. The first-order chi connectivity index (χ1) is 10.7. The molecule has 3 rings (SSSR count). The summed E-state index contributed by atoms with van der Waals surface area (Å²) in [6.45, 7) is 11.5. The Morgan fingerprint density at radius 3 is 3.00 bits per heavy atom. The van der Waals surface area contributed by atoms with Gasteiger partial charge in [-0.05, 0) is 49.9 Å². The molecule has 0 spiro atoms. The number of hydrogen-bond donors (Lipinski definition) is 0. The van der Waals surface area contributed by atoms with E-state index in [-0.39, 0.29) is 0 Å². The summed E-state index contributed by atoms with van der Waals surface area (Å²) in [7, 11) is 0. The van der Waals surface area contributed by atoms with Crippen molar-refractivity contribution in [3.8, 4) is 0 Å². The van der Waals surface area contributed by atoms with Gasteiger partial charge in [-0.25, -0.2) is 9.97 Å². The van der Waals surface area contributed by atoms with Crippen LogP contribution in [0.1, 0.15) is 39.4 Å². The molecule has 1 unspecified atom stereocenters. The van der Waals surface area contributed by atoms with Crippen LogP contribution in [0.5, 0.6) is 0 Å². The van der Waals surface area contributed by atoms with Crippen molar-refractivity contribution in [1.29, 1.82) is 0 Å². The molecule has 1 aliphatic rings. The molecule has 3 heterocycles. The largest absolute Gasteiger partial charge is 0.312 e. The van der Waals surface area contributed by atoms with Crippen LogP contribution >= 0.6 is 0 Å². The number of rotatable bonds is 5. The molecule has 0 aliphatic carbocycles. The van der Waals surface area contributed by atoms with Gasteiger partial charge in [0, 0.05) is 25.7 Å². The van der Waals surface area contributed by atoms with Crippen LogP contribution in [0.15, 0.2) is 18.3 Å². The Bertz CT molecular complexity index is 617. The van der Waals surface area contributed by atoms with E-state index in [1.807, 2.05) is 12.3 Å². The van der Waals surface area contributed by atoms with Crippen molar-refractivity contribution in [3.63, 3.8) is 0 Å². The van der Waals surface area contributed by atoms with Crippen molar-refractivity contribution in [2.45, 2.75) is 46.6 Å². The predicted octanol–water partition coefficient (Wildman–Crippen LogP) is 3.36. The third kappa shape index (κ3) is 3.32. The van der Waals surface area contributed by atoms with E-state index in [0.717, 1.165) is 36.6 Å². The standard InChI is InChI=1S/C18H28N4/c1-4-21-10-6-7-15(12-21)13-22-17(11-14(2)3)20-16-8-5-9-19-18(16)22/h5,8-9,14-15H,4,6-7,10-13H2,1-3H3. The Morgan fingerprint density at radius 1 is 1.36 bits per heavy atom. The zero-order valence-electron chi connectivity index (χ0n) is 14.1. The number of piperidine rings is 1. The van der Waals surface area contributed by atoms with Gasteiger partial charge in [-0.3, -0.25) is 0 Å². The molecule has 4 nitrogen and oxygen atoms in total. The highest BCUT2D eigenvalue weighted by Gasteiger charge is 2.22. The van der Waals surface area contributed by atoms with Gasteiger partial charge < -0.3 is 9.47 Å². The van der Waals surface area contributed by atoms with Crippen LogP contribution in [-0.4, -0.2) is 39.1 Å². The van der Waals surface area contributed by atoms with Gasteiger partial charge in [-0.2, -0.15) is 0 Å². The van der Waals surface area contributed by atoms with Gasteiger partial charge in [-0.1, -0.05) is 20.8 Å². The Morgan fingerprint density at radius 2 is 2.23 bits per heavy atom. The van der Waals surface area contributed by atoms with Crippen molar-refractivity contribution < 1.29 is 0 Å². The van der Waals surface area contributed by atoms with Gasteiger partial charge in [0.1, 0.15) is 11.3 Å². The maximum absolute atomic E-state index is 4.84. The average Bonchev–Trinajstić information content (AvgIpc) is 2.84. The molecular formula is C18H28N4. The fourth-order valence-electron chi connectivity index (χ4n) is 3.56. The SMILES string of the molecule is CCN1CCCC(Cn2c(CC(C)C)nc3cccnc32)C1. The summed E-state index contributed by atoms with van der Waals surface area (Å²) in [4.78, 5) is 12.0. The van der Waals surface area contributed by atoms with E-state index in [4.69, 9.17) is 4.98 Å². The molecule has 0 amide bonds. The smallest absolute Gasteiger partial charge is 0.159 e. The molecule has 1 saturated heterocycles. The minimum Gasteiger partial charge on any atom is -0.312 e. The van der Waals surface area contributed by atoms with Gasteiger partial charge in [0.05, 0.1) is 0 Å². The minimum absolute atomic E-state index is 0.619. The van der Waals surface area contributed by atoms with Crippen LogP contribution < -0.4 is 0 Å². The number of fused-ring (bicyclic) bond motifs is 1. The van der Waals surface area contributed by atoms with Crippen LogP contribution in [0.3, 0.4) is 0 Å². The third-order valence-electron chi connectivity index (χ3n) is 4.66. The first-order valence-corrected chi connectivity index (χ1v) is 8.69. The monoisotopic (exact) mass is 300 g/mol. The summed E-state index contributed by atoms with van der Waals surface area (Å²) in [5.74, 6) is 2.55.